The Morgan fingerprint density at radius 2 is 1.82 bits per heavy atom. The summed E-state index contributed by atoms with van der Waals surface area (Å²) in [6.45, 7) is 3.00. The monoisotopic (exact) mass is 160 g/mol. The zero-order valence-electron chi connectivity index (χ0n) is 7.63. The molecule has 0 aliphatic carbocycles. The molecule has 66 valence electrons. The van der Waals surface area contributed by atoms with Crippen LogP contribution >= 0.6 is 0 Å². The summed E-state index contributed by atoms with van der Waals surface area (Å²) in [5.41, 5.74) is 0. The molecule has 0 spiro atoms. The predicted molar refractivity (Wildman–Crippen MR) is 43.0 cm³/mol. The third kappa shape index (κ3) is 7.29. The fraction of sp³-hybridized carbons (Fsp3) is 0.857. The summed E-state index contributed by atoms with van der Waals surface area (Å²) in [4.78, 5) is 17.2. The average Bonchev–Trinajstić information content (AvgIpc) is 1.82. The number of likely N-dealkylation sites (N-methyl/N-ethyl adjacent to an activating group) is 2. The van der Waals surface area contributed by atoms with E-state index in [1.807, 2.05) is 19.0 Å². The number of nitrogens with zero attached hydrogens (tertiary/aromatic N) is 2. The third-order valence-electron chi connectivity index (χ3n) is 1.15. The van der Waals surface area contributed by atoms with Crippen LogP contribution in [0.2, 0.25) is 0 Å². The molecule has 11 heavy (non-hydrogen) atoms. The second-order valence-corrected chi connectivity index (χ2v) is 2.74. The second-order valence-electron chi connectivity index (χ2n) is 2.74. The molecular weight excluding hydrogens is 144 g/mol. The van der Waals surface area contributed by atoms with Crippen molar-refractivity contribution < 1.29 is 9.63 Å². The lowest BCUT2D eigenvalue weighted by Gasteiger charge is -2.17. The molecule has 0 bridgehead atoms. The molecular formula is C7H16N2O2. The molecule has 0 saturated carbocycles. The molecule has 0 aliphatic rings. The molecule has 0 atom stereocenters. The molecule has 0 aromatic heterocycles. The van der Waals surface area contributed by atoms with Gasteiger partial charge in [0, 0.05) is 27.1 Å². The van der Waals surface area contributed by atoms with Gasteiger partial charge in [0.1, 0.15) is 0 Å². The Morgan fingerprint density at radius 1 is 1.27 bits per heavy atom. The molecule has 0 fully saturated rings. The van der Waals surface area contributed by atoms with E-state index in [0.717, 1.165) is 13.1 Å². The molecule has 0 aromatic carbocycles. The number of carbonyl (C=O) groups is 1. The average molecular weight is 160 g/mol. The smallest absolute Gasteiger partial charge is 0.322 e. The van der Waals surface area contributed by atoms with Crippen LogP contribution in [0.15, 0.2) is 0 Å². The standard InChI is InChI=1S/C7H16N2O2/c1-7(10)11-9(4)6-5-8(2)3/h5-6H2,1-4H3. The zero-order valence-corrected chi connectivity index (χ0v) is 7.63. The predicted octanol–water partition coefficient (Wildman–Crippen LogP) is -0.0421. The first-order valence-corrected chi connectivity index (χ1v) is 3.56. The summed E-state index contributed by atoms with van der Waals surface area (Å²) in [7, 11) is 5.69. The van der Waals surface area contributed by atoms with Gasteiger partial charge in [-0.25, -0.2) is 0 Å². The molecule has 0 amide bonds. The quantitative estimate of drug-likeness (QED) is 0.540. The minimum atomic E-state index is -0.272. The van der Waals surface area contributed by atoms with E-state index < -0.39 is 0 Å². The normalized spacial score (nSPS) is 10.7. The van der Waals surface area contributed by atoms with Crippen LogP contribution in [0.1, 0.15) is 6.92 Å². The lowest BCUT2D eigenvalue weighted by molar-refractivity contribution is -0.181. The van der Waals surface area contributed by atoms with E-state index in [9.17, 15) is 4.79 Å². The summed E-state index contributed by atoms with van der Waals surface area (Å²) >= 11 is 0. The van der Waals surface area contributed by atoms with Gasteiger partial charge in [-0.1, -0.05) is 0 Å². The van der Waals surface area contributed by atoms with E-state index in [1.165, 1.54) is 12.0 Å². The maximum absolute atomic E-state index is 10.4. The highest BCUT2D eigenvalue weighted by Gasteiger charge is 2.01. The maximum Gasteiger partial charge on any atom is 0.322 e. The summed E-state index contributed by atoms with van der Waals surface area (Å²) in [5.74, 6) is -0.272. The van der Waals surface area contributed by atoms with Gasteiger partial charge in [0.2, 0.25) is 0 Å². The summed E-state index contributed by atoms with van der Waals surface area (Å²) in [6, 6.07) is 0. The minimum Gasteiger partial charge on any atom is -0.369 e. The van der Waals surface area contributed by atoms with Crippen molar-refractivity contribution in [2.45, 2.75) is 6.92 Å². The van der Waals surface area contributed by atoms with E-state index >= 15 is 0 Å². The molecule has 0 radical (unpaired) electrons. The van der Waals surface area contributed by atoms with Gasteiger partial charge in [-0.15, -0.1) is 5.06 Å². The Kier molecular flexibility index (Phi) is 4.81. The van der Waals surface area contributed by atoms with Crippen molar-refractivity contribution in [2.75, 3.05) is 34.2 Å². The molecule has 0 N–H and O–H groups in total. The van der Waals surface area contributed by atoms with Crippen molar-refractivity contribution in [2.24, 2.45) is 0 Å². The molecule has 0 rings (SSSR count). The van der Waals surface area contributed by atoms with Crippen LogP contribution in [-0.2, 0) is 9.63 Å². The SMILES string of the molecule is CC(=O)ON(C)CCN(C)C. The van der Waals surface area contributed by atoms with Gasteiger partial charge in [0.25, 0.3) is 0 Å². The van der Waals surface area contributed by atoms with E-state index in [2.05, 4.69) is 0 Å². The van der Waals surface area contributed by atoms with E-state index in [4.69, 9.17) is 4.84 Å². The Labute approximate surface area is 67.7 Å². The van der Waals surface area contributed by atoms with Gasteiger partial charge in [0.05, 0.1) is 0 Å². The van der Waals surface area contributed by atoms with Crippen molar-refractivity contribution >= 4 is 5.97 Å². The Bertz CT molecular complexity index is 126. The summed E-state index contributed by atoms with van der Waals surface area (Å²) < 4.78 is 0. The highest BCUT2D eigenvalue weighted by Crippen LogP contribution is 1.86. The maximum atomic E-state index is 10.4. The van der Waals surface area contributed by atoms with Gasteiger partial charge < -0.3 is 9.74 Å². The first kappa shape index (κ1) is 10.4. The number of hydrogen-bond donors (Lipinski definition) is 0. The lowest BCUT2D eigenvalue weighted by Crippen LogP contribution is -2.30. The summed E-state index contributed by atoms with van der Waals surface area (Å²) in [5, 5.41) is 1.53. The fourth-order valence-corrected chi connectivity index (χ4v) is 0.606. The zero-order chi connectivity index (χ0) is 8.85. The van der Waals surface area contributed by atoms with Gasteiger partial charge in [0.15, 0.2) is 0 Å². The van der Waals surface area contributed by atoms with Gasteiger partial charge in [-0.05, 0) is 14.1 Å². The van der Waals surface area contributed by atoms with Crippen molar-refractivity contribution in [3.8, 4) is 0 Å². The molecule has 0 heterocycles. The molecule has 0 aromatic rings. The minimum absolute atomic E-state index is 0.272. The fourth-order valence-electron chi connectivity index (χ4n) is 0.606. The van der Waals surface area contributed by atoms with Crippen molar-refractivity contribution in [3.63, 3.8) is 0 Å². The Hall–Kier alpha value is -0.610. The Morgan fingerprint density at radius 3 is 2.18 bits per heavy atom. The highest BCUT2D eigenvalue weighted by atomic mass is 16.7. The highest BCUT2D eigenvalue weighted by molar-refractivity contribution is 5.65. The first-order valence-electron chi connectivity index (χ1n) is 3.56. The van der Waals surface area contributed by atoms with Crippen molar-refractivity contribution in [3.05, 3.63) is 0 Å². The van der Waals surface area contributed by atoms with Crippen LogP contribution in [0.4, 0.5) is 0 Å². The van der Waals surface area contributed by atoms with Crippen molar-refractivity contribution in [1.82, 2.24) is 9.96 Å². The van der Waals surface area contributed by atoms with Crippen LogP contribution < -0.4 is 0 Å². The Balaban J connectivity index is 3.37. The molecule has 4 heteroatoms. The van der Waals surface area contributed by atoms with Crippen LogP contribution in [0, 0.1) is 0 Å². The van der Waals surface area contributed by atoms with Gasteiger partial charge in [-0.3, -0.25) is 4.79 Å². The molecule has 4 nitrogen and oxygen atoms in total. The van der Waals surface area contributed by atoms with Crippen LogP contribution in [0.25, 0.3) is 0 Å². The van der Waals surface area contributed by atoms with Crippen LogP contribution in [0.3, 0.4) is 0 Å². The number of hydroxylamine groups is 2. The topological polar surface area (TPSA) is 32.8 Å². The largest absolute Gasteiger partial charge is 0.369 e. The van der Waals surface area contributed by atoms with Crippen LogP contribution in [-0.4, -0.2) is 50.2 Å². The lowest BCUT2D eigenvalue weighted by atomic mass is 10.6. The summed E-state index contributed by atoms with van der Waals surface area (Å²) in [6.07, 6.45) is 0. The van der Waals surface area contributed by atoms with E-state index in [0.29, 0.717) is 0 Å². The third-order valence-corrected chi connectivity index (χ3v) is 1.15. The van der Waals surface area contributed by atoms with E-state index in [1.54, 1.807) is 7.05 Å². The molecule has 0 aliphatic heterocycles. The van der Waals surface area contributed by atoms with Gasteiger partial charge >= 0.3 is 5.97 Å². The van der Waals surface area contributed by atoms with Crippen molar-refractivity contribution in [1.29, 1.82) is 0 Å². The number of carbonyl (C=O) groups excluding carboxylic acids is 1. The first-order chi connectivity index (χ1) is 5.02. The number of hydrogen-bond acceptors (Lipinski definition) is 4. The van der Waals surface area contributed by atoms with Crippen LogP contribution in [0.5, 0.6) is 0 Å². The molecule has 0 saturated heterocycles. The second kappa shape index (κ2) is 5.09. The van der Waals surface area contributed by atoms with Gasteiger partial charge in [-0.2, -0.15) is 0 Å². The molecule has 0 unspecified atom stereocenters. The van der Waals surface area contributed by atoms with E-state index in [-0.39, 0.29) is 5.97 Å². The number of rotatable bonds is 4.